The highest BCUT2D eigenvalue weighted by Crippen LogP contribution is 2.28. The largest absolute Gasteiger partial charge is 0.480 e. The number of esters is 1. The number of amides is 1. The van der Waals surface area contributed by atoms with Crippen LogP contribution in [-0.2, 0) is 9.53 Å². The summed E-state index contributed by atoms with van der Waals surface area (Å²) in [6, 6.07) is 9.03. The summed E-state index contributed by atoms with van der Waals surface area (Å²) in [4.78, 5) is 34.1. The normalized spacial score (nSPS) is 11.0. The maximum absolute atomic E-state index is 12.3. The van der Waals surface area contributed by atoms with Crippen molar-refractivity contribution in [2.24, 2.45) is 5.10 Å². The van der Waals surface area contributed by atoms with Gasteiger partial charge in [0, 0.05) is 17.5 Å². The van der Waals surface area contributed by atoms with Crippen molar-refractivity contribution < 1.29 is 28.4 Å². The molecule has 166 valence electrons. The standard InChI is InChI=1S/C20H15I2N3O7/c1-2-30-18(26)10-31-19-14(21)5-11(6-15(19)22)9-23-24-20(27)17-8-12-7-13(25(28)29)3-4-16(12)32-17/h3-9H,2,10H2,1H3,(H,24,27)/b23-9-. The number of rotatable bonds is 8. The Balaban J connectivity index is 1.66. The van der Waals surface area contributed by atoms with Crippen molar-refractivity contribution in [1.82, 2.24) is 5.43 Å². The molecule has 3 aromatic rings. The number of hydrogen-bond acceptors (Lipinski definition) is 8. The summed E-state index contributed by atoms with van der Waals surface area (Å²) in [5.74, 6) is -0.520. The Kier molecular flexibility index (Phi) is 8.00. The fraction of sp³-hybridized carbons (Fsp3) is 0.150. The third-order valence-corrected chi connectivity index (χ3v) is 5.58. The fourth-order valence-corrected chi connectivity index (χ4v) is 4.73. The molecule has 32 heavy (non-hydrogen) atoms. The van der Waals surface area contributed by atoms with Crippen LogP contribution in [0, 0.1) is 17.3 Å². The lowest BCUT2D eigenvalue weighted by molar-refractivity contribution is -0.384. The van der Waals surface area contributed by atoms with Gasteiger partial charge in [-0.1, -0.05) is 0 Å². The molecule has 0 fully saturated rings. The Labute approximate surface area is 208 Å². The topological polar surface area (TPSA) is 133 Å². The number of nitrogens with zero attached hydrogens (tertiary/aromatic N) is 2. The van der Waals surface area contributed by atoms with Gasteiger partial charge in [0.15, 0.2) is 12.4 Å². The SMILES string of the molecule is CCOC(=O)COc1c(I)cc(/C=N\NC(=O)c2cc3cc([N+](=O)[O-])ccc3o2)cc1I. The van der Waals surface area contributed by atoms with Crippen molar-refractivity contribution in [2.45, 2.75) is 6.92 Å². The monoisotopic (exact) mass is 663 g/mol. The molecule has 0 spiro atoms. The number of halogens is 2. The molecule has 1 aromatic heterocycles. The zero-order valence-corrected chi connectivity index (χ0v) is 20.8. The number of hydrogen-bond donors (Lipinski definition) is 1. The summed E-state index contributed by atoms with van der Waals surface area (Å²) < 4.78 is 17.3. The van der Waals surface area contributed by atoms with Gasteiger partial charge in [-0.25, -0.2) is 10.2 Å². The Bertz CT molecular complexity index is 1200. The number of furan rings is 1. The zero-order chi connectivity index (χ0) is 23.3. The lowest BCUT2D eigenvalue weighted by Crippen LogP contribution is -2.17. The molecule has 10 nitrogen and oxygen atoms in total. The quantitative estimate of drug-likeness (QED) is 0.125. The number of benzene rings is 2. The summed E-state index contributed by atoms with van der Waals surface area (Å²) >= 11 is 4.15. The van der Waals surface area contributed by atoms with E-state index in [2.05, 4.69) is 55.7 Å². The minimum atomic E-state index is -0.598. The number of carbonyl (C=O) groups is 2. The molecule has 0 atom stereocenters. The van der Waals surface area contributed by atoms with Gasteiger partial charge in [-0.05, 0) is 81.9 Å². The fourth-order valence-electron chi connectivity index (χ4n) is 2.60. The van der Waals surface area contributed by atoms with Crippen molar-refractivity contribution in [1.29, 1.82) is 0 Å². The van der Waals surface area contributed by atoms with Crippen LogP contribution in [0.4, 0.5) is 5.69 Å². The summed E-state index contributed by atoms with van der Waals surface area (Å²) in [5, 5.41) is 15.2. The molecule has 0 saturated carbocycles. The second-order valence-electron chi connectivity index (χ2n) is 6.20. The number of ether oxygens (including phenoxy) is 2. The van der Waals surface area contributed by atoms with Gasteiger partial charge < -0.3 is 13.9 Å². The minimum absolute atomic E-state index is 0.0236. The highest BCUT2D eigenvalue weighted by Gasteiger charge is 2.15. The van der Waals surface area contributed by atoms with Crippen LogP contribution in [0.5, 0.6) is 5.75 Å². The first-order valence-electron chi connectivity index (χ1n) is 9.07. The van der Waals surface area contributed by atoms with Crippen molar-refractivity contribution in [3.05, 3.63) is 65.0 Å². The molecule has 0 saturated heterocycles. The first-order chi connectivity index (χ1) is 15.3. The van der Waals surface area contributed by atoms with E-state index in [4.69, 9.17) is 13.9 Å². The van der Waals surface area contributed by atoms with E-state index in [-0.39, 0.29) is 24.7 Å². The Morgan fingerprint density at radius 2 is 1.94 bits per heavy atom. The first-order valence-corrected chi connectivity index (χ1v) is 11.2. The Hall–Kier alpha value is -2.75. The number of fused-ring (bicyclic) bond motifs is 1. The maximum atomic E-state index is 12.3. The van der Waals surface area contributed by atoms with Crippen molar-refractivity contribution in [2.75, 3.05) is 13.2 Å². The van der Waals surface area contributed by atoms with Gasteiger partial charge in [-0.3, -0.25) is 14.9 Å². The van der Waals surface area contributed by atoms with Gasteiger partial charge in [0.05, 0.1) is 24.9 Å². The molecule has 0 aliphatic heterocycles. The van der Waals surface area contributed by atoms with Crippen LogP contribution in [0.15, 0.2) is 45.9 Å². The van der Waals surface area contributed by atoms with Crippen molar-refractivity contribution >= 4 is 79.9 Å². The smallest absolute Gasteiger partial charge is 0.344 e. The van der Waals surface area contributed by atoms with Crippen molar-refractivity contribution in [3.8, 4) is 5.75 Å². The van der Waals surface area contributed by atoms with E-state index in [1.807, 2.05) is 0 Å². The molecule has 0 aliphatic carbocycles. The zero-order valence-electron chi connectivity index (χ0n) is 16.5. The maximum Gasteiger partial charge on any atom is 0.344 e. The van der Waals surface area contributed by atoms with Crippen LogP contribution in [0.3, 0.4) is 0 Å². The van der Waals surface area contributed by atoms with Gasteiger partial charge in [0.25, 0.3) is 5.69 Å². The van der Waals surface area contributed by atoms with Gasteiger partial charge >= 0.3 is 11.9 Å². The highest BCUT2D eigenvalue weighted by molar-refractivity contribution is 14.1. The number of nitro groups is 1. The summed E-state index contributed by atoms with van der Waals surface area (Å²) in [7, 11) is 0. The van der Waals surface area contributed by atoms with E-state index >= 15 is 0 Å². The number of nitrogens with one attached hydrogen (secondary N) is 1. The van der Waals surface area contributed by atoms with Crippen LogP contribution >= 0.6 is 45.2 Å². The number of hydrazone groups is 1. The molecule has 1 heterocycles. The minimum Gasteiger partial charge on any atom is -0.480 e. The van der Waals surface area contributed by atoms with Gasteiger partial charge in [-0.15, -0.1) is 0 Å². The number of non-ortho nitro benzene ring substituents is 1. The average molecular weight is 663 g/mol. The molecule has 1 N–H and O–H groups in total. The van der Waals surface area contributed by atoms with Crippen LogP contribution in [0.2, 0.25) is 0 Å². The molecule has 0 radical (unpaired) electrons. The van der Waals surface area contributed by atoms with Gasteiger partial charge in [0.1, 0.15) is 11.3 Å². The molecule has 1 amide bonds. The average Bonchev–Trinajstić information content (AvgIpc) is 3.16. The summed E-state index contributed by atoms with van der Waals surface area (Å²) in [5.41, 5.74) is 3.31. The van der Waals surface area contributed by atoms with Crippen LogP contribution in [0.1, 0.15) is 23.0 Å². The third kappa shape index (κ3) is 5.93. The van der Waals surface area contributed by atoms with Crippen LogP contribution in [0.25, 0.3) is 11.0 Å². The molecular weight excluding hydrogens is 648 g/mol. The van der Waals surface area contributed by atoms with E-state index in [1.165, 1.54) is 30.5 Å². The molecule has 0 aliphatic rings. The summed E-state index contributed by atoms with van der Waals surface area (Å²) in [6.07, 6.45) is 1.45. The lowest BCUT2D eigenvalue weighted by atomic mass is 10.2. The van der Waals surface area contributed by atoms with E-state index in [9.17, 15) is 19.7 Å². The molecule has 12 heteroatoms. The van der Waals surface area contributed by atoms with Crippen LogP contribution < -0.4 is 10.2 Å². The molecule has 0 bridgehead atoms. The van der Waals surface area contributed by atoms with Crippen molar-refractivity contribution in [3.63, 3.8) is 0 Å². The van der Waals surface area contributed by atoms with Gasteiger partial charge in [0.2, 0.25) is 0 Å². The second kappa shape index (κ2) is 10.7. The predicted molar refractivity (Wildman–Crippen MR) is 132 cm³/mol. The Morgan fingerprint density at radius 3 is 2.59 bits per heavy atom. The van der Waals surface area contributed by atoms with E-state index in [0.29, 0.717) is 22.3 Å². The second-order valence-corrected chi connectivity index (χ2v) is 8.52. The number of carbonyl (C=O) groups excluding carboxylic acids is 2. The molecule has 0 unspecified atom stereocenters. The third-order valence-electron chi connectivity index (χ3n) is 3.97. The number of nitro benzene ring substituents is 1. The van der Waals surface area contributed by atoms with Crippen LogP contribution in [-0.4, -0.2) is 36.2 Å². The lowest BCUT2D eigenvalue weighted by Gasteiger charge is -2.10. The predicted octanol–water partition coefficient (Wildman–Crippen LogP) is 4.26. The van der Waals surface area contributed by atoms with E-state index in [1.54, 1.807) is 19.1 Å². The van der Waals surface area contributed by atoms with Gasteiger partial charge in [-0.2, -0.15) is 5.10 Å². The summed E-state index contributed by atoms with van der Waals surface area (Å²) in [6.45, 7) is 1.81. The molecular formula is C20H15I2N3O7. The Morgan fingerprint density at radius 1 is 1.22 bits per heavy atom. The highest BCUT2D eigenvalue weighted by atomic mass is 127. The molecule has 3 rings (SSSR count). The molecule has 2 aromatic carbocycles. The first kappa shape index (κ1) is 23.9. The van der Waals surface area contributed by atoms with E-state index in [0.717, 1.165) is 7.14 Å². The van der Waals surface area contributed by atoms with E-state index < -0.39 is 16.8 Å².